The first-order valence-corrected chi connectivity index (χ1v) is 5.17. The highest BCUT2D eigenvalue weighted by atomic mass is 16.3. The Morgan fingerprint density at radius 1 is 1.44 bits per heavy atom. The van der Waals surface area contributed by atoms with Gasteiger partial charge in [-0.3, -0.25) is 4.79 Å². The Hall–Kier alpha value is -1.68. The van der Waals surface area contributed by atoms with E-state index in [1.54, 1.807) is 19.1 Å². The van der Waals surface area contributed by atoms with E-state index >= 15 is 0 Å². The third kappa shape index (κ3) is 1.61. The second-order valence-electron chi connectivity index (χ2n) is 4.03. The topological polar surface area (TPSA) is 52.9 Å². The van der Waals surface area contributed by atoms with Crippen molar-refractivity contribution in [2.75, 3.05) is 0 Å². The van der Waals surface area contributed by atoms with Crippen molar-refractivity contribution in [3.05, 3.63) is 35.9 Å². The van der Waals surface area contributed by atoms with Crippen LogP contribution in [0.2, 0.25) is 0 Å². The van der Waals surface area contributed by atoms with Crippen LogP contribution in [0.4, 0.5) is 0 Å². The molecule has 0 aliphatic carbocycles. The minimum Gasteiger partial charge on any atom is -0.365 e. The summed E-state index contributed by atoms with van der Waals surface area (Å²) in [5.74, 6) is -0.261. The summed E-state index contributed by atoms with van der Waals surface area (Å²) in [5.41, 5.74) is 0.115. The van der Waals surface area contributed by atoms with Crippen molar-refractivity contribution < 1.29 is 9.90 Å². The lowest BCUT2D eigenvalue weighted by Crippen LogP contribution is -2.42. The highest BCUT2D eigenvalue weighted by Crippen LogP contribution is 2.34. The van der Waals surface area contributed by atoms with Gasteiger partial charge in [-0.2, -0.15) is 10.1 Å². The number of hydrogen-bond donors (Lipinski definition) is 1. The molecule has 0 fully saturated rings. The molecule has 84 valence electrons. The summed E-state index contributed by atoms with van der Waals surface area (Å²) < 4.78 is 0. The first-order chi connectivity index (χ1) is 7.54. The summed E-state index contributed by atoms with van der Waals surface area (Å²) in [6.07, 6.45) is 0.358. The largest absolute Gasteiger partial charge is 0.365 e. The highest BCUT2D eigenvalue weighted by Gasteiger charge is 2.43. The first-order valence-electron chi connectivity index (χ1n) is 5.17. The third-order valence-electron chi connectivity index (χ3n) is 2.66. The predicted molar refractivity (Wildman–Crippen MR) is 60.6 cm³/mol. The van der Waals surface area contributed by atoms with Crippen molar-refractivity contribution >= 4 is 11.6 Å². The number of carbonyl (C=O) groups excluding carboxylic acids is 1. The fourth-order valence-corrected chi connectivity index (χ4v) is 1.98. The quantitative estimate of drug-likeness (QED) is 0.775. The molecule has 4 heteroatoms. The van der Waals surface area contributed by atoms with Crippen molar-refractivity contribution in [1.29, 1.82) is 0 Å². The fourth-order valence-electron chi connectivity index (χ4n) is 1.98. The van der Waals surface area contributed by atoms with Gasteiger partial charge in [0.25, 0.3) is 0 Å². The summed E-state index contributed by atoms with van der Waals surface area (Å²) in [6, 6.07) is 9.13. The highest BCUT2D eigenvalue weighted by molar-refractivity contribution is 5.88. The zero-order chi connectivity index (χ0) is 11.8. The molecular weight excluding hydrogens is 204 g/mol. The number of nitrogens with zero attached hydrogens (tertiary/aromatic N) is 2. The maximum atomic E-state index is 11.4. The van der Waals surface area contributed by atoms with E-state index in [0.717, 1.165) is 10.7 Å². The van der Waals surface area contributed by atoms with E-state index in [4.69, 9.17) is 0 Å². The Morgan fingerprint density at radius 3 is 2.62 bits per heavy atom. The summed E-state index contributed by atoms with van der Waals surface area (Å²) in [5, 5.41) is 15.8. The molecular formula is C12H14N2O2. The van der Waals surface area contributed by atoms with Gasteiger partial charge in [0.05, 0.1) is 0 Å². The summed E-state index contributed by atoms with van der Waals surface area (Å²) in [4.78, 5) is 11.4. The van der Waals surface area contributed by atoms with Crippen LogP contribution in [0.3, 0.4) is 0 Å². The number of hydrogen-bond acceptors (Lipinski definition) is 3. The SMILES string of the molecule is CC(=O)N1N=C(C)CC1(O)c1ccccc1. The molecule has 1 N–H and O–H groups in total. The molecule has 1 heterocycles. The van der Waals surface area contributed by atoms with Gasteiger partial charge in [-0.1, -0.05) is 30.3 Å². The van der Waals surface area contributed by atoms with Gasteiger partial charge in [0.2, 0.25) is 5.91 Å². The van der Waals surface area contributed by atoms with Crippen LogP contribution in [0.15, 0.2) is 35.4 Å². The lowest BCUT2D eigenvalue weighted by atomic mass is 9.98. The Balaban J connectivity index is 2.43. The molecule has 0 saturated heterocycles. The van der Waals surface area contributed by atoms with Crippen LogP contribution in [-0.4, -0.2) is 21.7 Å². The van der Waals surface area contributed by atoms with E-state index in [0.29, 0.717) is 12.0 Å². The Morgan fingerprint density at radius 2 is 2.06 bits per heavy atom. The van der Waals surface area contributed by atoms with E-state index < -0.39 is 5.72 Å². The zero-order valence-corrected chi connectivity index (χ0v) is 9.34. The Bertz CT molecular complexity index is 442. The van der Waals surface area contributed by atoms with Gasteiger partial charge >= 0.3 is 0 Å². The van der Waals surface area contributed by atoms with Crippen LogP contribution in [0.1, 0.15) is 25.8 Å². The molecule has 1 unspecified atom stereocenters. The van der Waals surface area contributed by atoms with Gasteiger partial charge in [0, 0.05) is 24.6 Å². The predicted octanol–water partition coefficient (Wildman–Crippen LogP) is 1.46. The molecule has 1 amide bonds. The van der Waals surface area contributed by atoms with Gasteiger partial charge in [0.1, 0.15) is 0 Å². The number of rotatable bonds is 1. The molecule has 0 saturated carbocycles. The fraction of sp³-hybridized carbons (Fsp3) is 0.333. The van der Waals surface area contributed by atoms with Crippen molar-refractivity contribution in [2.24, 2.45) is 5.10 Å². The maximum absolute atomic E-state index is 11.4. The molecule has 0 bridgehead atoms. The van der Waals surface area contributed by atoms with Crippen LogP contribution in [0, 0.1) is 0 Å². The molecule has 1 aromatic carbocycles. The minimum atomic E-state index is -1.32. The van der Waals surface area contributed by atoms with E-state index in [1.165, 1.54) is 6.92 Å². The molecule has 0 aromatic heterocycles. The van der Waals surface area contributed by atoms with Crippen LogP contribution in [-0.2, 0) is 10.5 Å². The van der Waals surface area contributed by atoms with Crippen LogP contribution < -0.4 is 0 Å². The summed E-state index contributed by atoms with van der Waals surface area (Å²) in [7, 11) is 0. The second kappa shape index (κ2) is 3.72. The lowest BCUT2D eigenvalue weighted by Gasteiger charge is -2.30. The Kier molecular flexibility index (Phi) is 2.52. The second-order valence-corrected chi connectivity index (χ2v) is 4.03. The molecule has 0 radical (unpaired) electrons. The summed E-state index contributed by atoms with van der Waals surface area (Å²) in [6.45, 7) is 3.20. The number of carbonyl (C=O) groups is 1. The lowest BCUT2D eigenvalue weighted by molar-refractivity contribution is -0.155. The van der Waals surface area contributed by atoms with Gasteiger partial charge in [-0.05, 0) is 6.92 Å². The smallest absolute Gasteiger partial charge is 0.242 e. The van der Waals surface area contributed by atoms with Crippen molar-refractivity contribution in [3.63, 3.8) is 0 Å². The van der Waals surface area contributed by atoms with Crippen LogP contribution >= 0.6 is 0 Å². The molecule has 1 aliphatic rings. The van der Waals surface area contributed by atoms with Crippen LogP contribution in [0.25, 0.3) is 0 Å². The van der Waals surface area contributed by atoms with Crippen molar-refractivity contribution in [3.8, 4) is 0 Å². The van der Waals surface area contributed by atoms with Gasteiger partial charge in [-0.25, -0.2) is 0 Å². The molecule has 1 aliphatic heterocycles. The number of amides is 1. The van der Waals surface area contributed by atoms with Crippen molar-refractivity contribution in [1.82, 2.24) is 5.01 Å². The maximum Gasteiger partial charge on any atom is 0.242 e. The van der Waals surface area contributed by atoms with E-state index in [1.807, 2.05) is 18.2 Å². The van der Waals surface area contributed by atoms with Gasteiger partial charge in [0.15, 0.2) is 5.72 Å². The van der Waals surface area contributed by atoms with E-state index in [-0.39, 0.29) is 5.91 Å². The standard InChI is InChI=1S/C12H14N2O2/c1-9-8-12(16,14(13-9)10(2)15)11-6-4-3-5-7-11/h3-7,16H,8H2,1-2H3. The number of hydrazone groups is 1. The molecule has 4 nitrogen and oxygen atoms in total. The molecule has 2 rings (SSSR count). The van der Waals surface area contributed by atoms with Crippen molar-refractivity contribution in [2.45, 2.75) is 26.0 Å². The monoisotopic (exact) mass is 218 g/mol. The van der Waals surface area contributed by atoms with E-state index in [2.05, 4.69) is 5.10 Å². The van der Waals surface area contributed by atoms with Gasteiger partial charge < -0.3 is 5.11 Å². The molecule has 1 aromatic rings. The summed E-state index contributed by atoms with van der Waals surface area (Å²) >= 11 is 0. The normalized spacial score (nSPS) is 24.4. The Labute approximate surface area is 94.2 Å². The molecule has 16 heavy (non-hydrogen) atoms. The average Bonchev–Trinajstić information content (AvgIpc) is 2.57. The molecule has 1 atom stereocenters. The average molecular weight is 218 g/mol. The first kappa shape index (κ1) is 10.8. The number of benzene rings is 1. The third-order valence-corrected chi connectivity index (χ3v) is 2.66. The van der Waals surface area contributed by atoms with Crippen LogP contribution in [0.5, 0.6) is 0 Å². The number of aliphatic hydroxyl groups is 1. The molecule has 0 spiro atoms. The van der Waals surface area contributed by atoms with E-state index in [9.17, 15) is 9.90 Å². The van der Waals surface area contributed by atoms with Gasteiger partial charge in [-0.15, -0.1) is 0 Å². The minimum absolute atomic E-state index is 0.261. The zero-order valence-electron chi connectivity index (χ0n) is 9.34.